The Bertz CT molecular complexity index is 220. The molecule has 4 heteroatoms. The highest BCUT2D eigenvalue weighted by Crippen LogP contribution is 2.34. The fourth-order valence-corrected chi connectivity index (χ4v) is 1.61. The molecule has 0 aliphatic carbocycles. The number of hydrogen-bond acceptors (Lipinski definition) is 3. The van der Waals surface area contributed by atoms with Crippen LogP contribution >= 0.6 is 22.9 Å². The van der Waals surface area contributed by atoms with Crippen LogP contribution in [0, 0.1) is 0 Å². The molecular formula is C5H4ClNOS. The van der Waals surface area contributed by atoms with Gasteiger partial charge < -0.3 is 4.74 Å². The number of ether oxygens (including phenoxy) is 1. The molecule has 0 aromatic carbocycles. The molecule has 0 spiro atoms. The second-order valence-electron chi connectivity index (χ2n) is 1.84. The minimum Gasteiger partial charge on any atom is -0.367 e. The Morgan fingerprint density at radius 2 is 2.67 bits per heavy atom. The van der Waals surface area contributed by atoms with Crippen molar-refractivity contribution in [2.45, 2.75) is 6.10 Å². The standard InChI is InChI=1S/C5H4ClNOS/c6-5-7-1-4(9-5)3-2-8-3/h1,3H,2H2/t3-/m1/s1. The zero-order valence-electron chi connectivity index (χ0n) is 4.50. The van der Waals surface area contributed by atoms with Crippen molar-refractivity contribution in [3.8, 4) is 0 Å². The molecule has 0 N–H and O–H groups in total. The first-order valence-electron chi connectivity index (χ1n) is 2.59. The lowest BCUT2D eigenvalue weighted by Crippen LogP contribution is -1.66. The summed E-state index contributed by atoms with van der Waals surface area (Å²) in [6.07, 6.45) is 2.07. The number of hydrogen-bond donors (Lipinski definition) is 0. The Hall–Kier alpha value is -0.120. The maximum absolute atomic E-state index is 5.58. The summed E-state index contributed by atoms with van der Waals surface area (Å²) < 4.78 is 5.62. The van der Waals surface area contributed by atoms with Crippen molar-refractivity contribution in [1.82, 2.24) is 4.98 Å². The molecule has 1 aromatic rings. The van der Waals surface area contributed by atoms with E-state index in [0.29, 0.717) is 10.6 Å². The molecule has 0 radical (unpaired) electrons. The van der Waals surface area contributed by atoms with Gasteiger partial charge in [-0.3, -0.25) is 0 Å². The quantitative estimate of drug-likeness (QED) is 0.588. The van der Waals surface area contributed by atoms with Gasteiger partial charge in [0.2, 0.25) is 0 Å². The largest absolute Gasteiger partial charge is 0.367 e. The highest BCUT2D eigenvalue weighted by atomic mass is 35.5. The normalized spacial score (nSPS) is 24.3. The van der Waals surface area contributed by atoms with E-state index >= 15 is 0 Å². The van der Waals surface area contributed by atoms with E-state index in [0.717, 1.165) is 11.5 Å². The van der Waals surface area contributed by atoms with Gasteiger partial charge in [0.1, 0.15) is 6.10 Å². The monoisotopic (exact) mass is 161 g/mol. The molecule has 1 aromatic heterocycles. The van der Waals surface area contributed by atoms with E-state index in [9.17, 15) is 0 Å². The van der Waals surface area contributed by atoms with Crippen molar-refractivity contribution in [3.63, 3.8) is 0 Å². The van der Waals surface area contributed by atoms with E-state index in [1.54, 1.807) is 6.20 Å². The predicted molar refractivity (Wildman–Crippen MR) is 35.8 cm³/mol. The maximum Gasteiger partial charge on any atom is 0.183 e. The van der Waals surface area contributed by atoms with Gasteiger partial charge in [-0.1, -0.05) is 11.6 Å². The molecule has 0 saturated carbocycles. The predicted octanol–water partition coefficient (Wildman–Crippen LogP) is 1.87. The van der Waals surface area contributed by atoms with Crippen molar-refractivity contribution in [3.05, 3.63) is 15.5 Å². The number of nitrogens with zero attached hydrogens (tertiary/aromatic N) is 1. The summed E-state index contributed by atoms with van der Waals surface area (Å²) in [5, 5.41) is 0. The first-order valence-corrected chi connectivity index (χ1v) is 3.78. The molecule has 48 valence electrons. The Morgan fingerprint density at radius 3 is 3.11 bits per heavy atom. The Morgan fingerprint density at radius 1 is 1.89 bits per heavy atom. The van der Waals surface area contributed by atoms with Crippen molar-refractivity contribution < 1.29 is 4.74 Å². The molecule has 1 atom stereocenters. The third-order valence-corrected chi connectivity index (χ3v) is 2.35. The van der Waals surface area contributed by atoms with E-state index < -0.39 is 0 Å². The molecule has 9 heavy (non-hydrogen) atoms. The molecule has 1 saturated heterocycles. The van der Waals surface area contributed by atoms with Gasteiger partial charge in [-0.15, -0.1) is 11.3 Å². The van der Waals surface area contributed by atoms with Crippen LogP contribution in [0.1, 0.15) is 11.0 Å². The molecule has 0 amide bonds. The van der Waals surface area contributed by atoms with Gasteiger partial charge >= 0.3 is 0 Å². The van der Waals surface area contributed by atoms with Crippen molar-refractivity contribution in [2.75, 3.05) is 6.61 Å². The number of halogens is 1. The number of epoxide rings is 1. The van der Waals surface area contributed by atoms with E-state index in [1.165, 1.54) is 11.3 Å². The zero-order chi connectivity index (χ0) is 6.27. The van der Waals surface area contributed by atoms with Crippen LogP contribution < -0.4 is 0 Å². The number of thiazole rings is 1. The summed E-state index contributed by atoms with van der Waals surface area (Å²) in [5.41, 5.74) is 0. The summed E-state index contributed by atoms with van der Waals surface area (Å²) in [6.45, 7) is 0.832. The Kier molecular flexibility index (Phi) is 1.22. The highest BCUT2D eigenvalue weighted by Gasteiger charge is 2.26. The fourth-order valence-electron chi connectivity index (χ4n) is 0.626. The summed E-state index contributed by atoms with van der Waals surface area (Å²) in [6, 6.07) is 0. The lowest BCUT2D eigenvalue weighted by atomic mass is 10.4. The van der Waals surface area contributed by atoms with E-state index in [2.05, 4.69) is 4.98 Å². The van der Waals surface area contributed by atoms with Crippen LogP contribution in [0.25, 0.3) is 0 Å². The molecule has 0 unspecified atom stereocenters. The summed E-state index contributed by atoms with van der Waals surface area (Å²) in [4.78, 5) is 5.02. The van der Waals surface area contributed by atoms with Gasteiger partial charge in [0.25, 0.3) is 0 Å². The summed E-state index contributed by atoms with van der Waals surface area (Å²) >= 11 is 7.07. The van der Waals surface area contributed by atoms with Gasteiger partial charge in [0.15, 0.2) is 4.47 Å². The average Bonchev–Trinajstić information content (AvgIpc) is 2.58. The van der Waals surface area contributed by atoms with Crippen LogP contribution in [0.2, 0.25) is 4.47 Å². The SMILES string of the molecule is Clc1ncc([C@H]2CO2)s1. The lowest BCUT2D eigenvalue weighted by molar-refractivity contribution is 0.418. The molecule has 1 aliphatic heterocycles. The first kappa shape index (κ1) is 5.65. The topological polar surface area (TPSA) is 25.4 Å². The third kappa shape index (κ3) is 1.08. The zero-order valence-corrected chi connectivity index (χ0v) is 6.08. The van der Waals surface area contributed by atoms with Crippen LogP contribution in [-0.4, -0.2) is 11.6 Å². The van der Waals surface area contributed by atoms with Gasteiger partial charge in [-0.25, -0.2) is 4.98 Å². The second kappa shape index (κ2) is 1.94. The average molecular weight is 162 g/mol. The lowest BCUT2D eigenvalue weighted by Gasteiger charge is -1.77. The van der Waals surface area contributed by atoms with Crippen LogP contribution in [-0.2, 0) is 4.74 Å². The maximum atomic E-state index is 5.58. The highest BCUT2D eigenvalue weighted by molar-refractivity contribution is 7.15. The molecule has 0 bridgehead atoms. The smallest absolute Gasteiger partial charge is 0.183 e. The molecule has 2 heterocycles. The van der Waals surface area contributed by atoms with Crippen molar-refractivity contribution in [2.24, 2.45) is 0 Å². The Labute approximate surface area is 61.4 Å². The van der Waals surface area contributed by atoms with E-state index in [4.69, 9.17) is 16.3 Å². The summed E-state index contributed by atoms with van der Waals surface area (Å²) in [5.74, 6) is 0. The van der Waals surface area contributed by atoms with Gasteiger partial charge in [0.05, 0.1) is 11.5 Å². The van der Waals surface area contributed by atoms with Crippen LogP contribution in [0.15, 0.2) is 6.20 Å². The van der Waals surface area contributed by atoms with Crippen LogP contribution in [0.4, 0.5) is 0 Å². The third-order valence-electron chi connectivity index (χ3n) is 1.15. The van der Waals surface area contributed by atoms with Crippen molar-refractivity contribution in [1.29, 1.82) is 0 Å². The molecule has 2 rings (SSSR count). The number of rotatable bonds is 1. The van der Waals surface area contributed by atoms with Gasteiger partial charge in [-0.05, 0) is 0 Å². The van der Waals surface area contributed by atoms with E-state index in [-0.39, 0.29) is 0 Å². The molecule has 1 aliphatic rings. The molecule has 2 nitrogen and oxygen atoms in total. The van der Waals surface area contributed by atoms with Crippen molar-refractivity contribution >= 4 is 22.9 Å². The Balaban J connectivity index is 2.28. The van der Waals surface area contributed by atoms with Crippen LogP contribution in [0.5, 0.6) is 0 Å². The van der Waals surface area contributed by atoms with E-state index in [1.807, 2.05) is 0 Å². The first-order chi connectivity index (χ1) is 4.36. The number of aromatic nitrogens is 1. The minimum atomic E-state index is 0.301. The van der Waals surface area contributed by atoms with Gasteiger partial charge in [0, 0.05) is 6.20 Å². The van der Waals surface area contributed by atoms with Gasteiger partial charge in [-0.2, -0.15) is 0 Å². The summed E-state index contributed by atoms with van der Waals surface area (Å²) in [7, 11) is 0. The van der Waals surface area contributed by atoms with Crippen LogP contribution in [0.3, 0.4) is 0 Å². The molecule has 1 fully saturated rings. The minimum absolute atomic E-state index is 0.301. The molecular weight excluding hydrogens is 158 g/mol. The fraction of sp³-hybridized carbons (Fsp3) is 0.400. The second-order valence-corrected chi connectivity index (χ2v) is 3.48.